The number of nitrogens with zero attached hydrogens (tertiary/aromatic N) is 3. The predicted molar refractivity (Wildman–Crippen MR) is 134 cm³/mol. The topological polar surface area (TPSA) is 127 Å². The molecule has 0 radical (unpaired) electrons. The highest BCUT2D eigenvalue weighted by Crippen LogP contribution is 2.57. The van der Waals surface area contributed by atoms with E-state index in [0.29, 0.717) is 19.5 Å². The second kappa shape index (κ2) is 10.1. The van der Waals surface area contributed by atoms with E-state index in [0.717, 1.165) is 11.3 Å². The summed E-state index contributed by atoms with van der Waals surface area (Å²) >= 11 is 0. The number of hydrogen-bond donors (Lipinski definition) is 1. The Bertz CT molecular complexity index is 1220. The third-order valence-electron chi connectivity index (χ3n) is 7.00. The third kappa shape index (κ3) is 3.76. The van der Waals surface area contributed by atoms with E-state index in [9.17, 15) is 19.2 Å². The minimum absolute atomic E-state index is 0.0180. The van der Waals surface area contributed by atoms with E-state index >= 15 is 0 Å². The summed E-state index contributed by atoms with van der Waals surface area (Å²) in [6.45, 7) is 6.43. The van der Waals surface area contributed by atoms with Crippen LogP contribution < -0.4 is 10.2 Å². The van der Waals surface area contributed by atoms with Crippen molar-refractivity contribution in [2.24, 2.45) is 4.99 Å². The Kier molecular flexibility index (Phi) is 7.06. The number of benzene rings is 1. The van der Waals surface area contributed by atoms with Gasteiger partial charge in [-0.05, 0) is 24.5 Å². The van der Waals surface area contributed by atoms with Crippen LogP contribution >= 0.6 is 0 Å². The van der Waals surface area contributed by atoms with Crippen molar-refractivity contribution in [1.82, 2.24) is 10.2 Å². The molecule has 196 valence electrons. The number of carbonyl (C=O) groups is 4. The minimum atomic E-state index is -1.15. The van der Waals surface area contributed by atoms with Gasteiger partial charge in [-0.2, -0.15) is 0 Å². The average Bonchev–Trinajstić information content (AvgIpc) is 3.41. The summed E-state index contributed by atoms with van der Waals surface area (Å²) < 4.78 is 15.2. The standard InChI is InChI=1S/C26H30N4O7/c1-6-12-27-25(34)30-17(21(31)35-3)14-26-15-10-8-9-11-16(15)29(13-7-2)20(26)18(22(32)36-4)19(23(33)37-5)28-24(26)30/h7-11,17,20H,2,6,12-14H2,1,3-5H3,(H,27,34)/t17?,20?,26-/m0/s1. The molecule has 2 amide bonds. The van der Waals surface area contributed by atoms with E-state index in [1.807, 2.05) is 36.1 Å². The number of fused-ring (bicyclic) bond motifs is 1. The lowest BCUT2D eigenvalue weighted by molar-refractivity contribution is -0.144. The number of amidine groups is 1. The van der Waals surface area contributed by atoms with Gasteiger partial charge in [-0.3, -0.25) is 4.90 Å². The fourth-order valence-electron chi connectivity index (χ4n) is 5.61. The summed E-state index contributed by atoms with van der Waals surface area (Å²) in [5.74, 6) is -2.12. The van der Waals surface area contributed by atoms with E-state index in [2.05, 4.69) is 16.9 Å². The molecule has 1 aromatic carbocycles. The number of likely N-dealkylation sites (tertiary alicyclic amines) is 1. The lowest BCUT2D eigenvalue weighted by Gasteiger charge is -2.40. The van der Waals surface area contributed by atoms with Crippen molar-refractivity contribution in [3.05, 3.63) is 53.8 Å². The fourth-order valence-corrected chi connectivity index (χ4v) is 5.61. The first-order chi connectivity index (χ1) is 17.8. The molecule has 11 nitrogen and oxygen atoms in total. The minimum Gasteiger partial charge on any atom is -0.467 e. The number of para-hydroxylation sites is 1. The number of esters is 3. The summed E-state index contributed by atoms with van der Waals surface area (Å²) in [6.07, 6.45) is 2.41. The van der Waals surface area contributed by atoms with E-state index < -0.39 is 41.4 Å². The van der Waals surface area contributed by atoms with Gasteiger partial charge in [0, 0.05) is 18.8 Å². The Morgan fingerprint density at radius 3 is 2.46 bits per heavy atom. The van der Waals surface area contributed by atoms with Gasteiger partial charge in [0.25, 0.3) is 0 Å². The molecule has 37 heavy (non-hydrogen) atoms. The van der Waals surface area contributed by atoms with Crippen LogP contribution in [0.2, 0.25) is 0 Å². The van der Waals surface area contributed by atoms with E-state index in [4.69, 9.17) is 14.2 Å². The normalized spacial score (nSPS) is 23.4. The second-order valence-electron chi connectivity index (χ2n) is 8.86. The number of ether oxygens (including phenoxy) is 3. The highest BCUT2D eigenvalue weighted by molar-refractivity contribution is 6.17. The maximum atomic E-state index is 13.5. The maximum Gasteiger partial charge on any atom is 0.357 e. The zero-order valence-electron chi connectivity index (χ0n) is 21.3. The lowest BCUT2D eigenvalue weighted by Crippen LogP contribution is -2.57. The molecule has 1 fully saturated rings. The van der Waals surface area contributed by atoms with E-state index in [-0.39, 0.29) is 23.5 Å². The maximum absolute atomic E-state index is 13.5. The second-order valence-corrected chi connectivity index (χ2v) is 8.86. The van der Waals surface area contributed by atoms with Crippen LogP contribution in [0.4, 0.5) is 10.5 Å². The van der Waals surface area contributed by atoms with Crippen LogP contribution in [0.3, 0.4) is 0 Å². The van der Waals surface area contributed by atoms with Gasteiger partial charge in [-0.15, -0.1) is 6.58 Å². The van der Waals surface area contributed by atoms with Crippen molar-refractivity contribution in [1.29, 1.82) is 0 Å². The Labute approximate surface area is 214 Å². The third-order valence-corrected chi connectivity index (χ3v) is 7.00. The summed E-state index contributed by atoms with van der Waals surface area (Å²) in [6, 6.07) is 4.98. The number of methoxy groups -OCH3 is 3. The van der Waals surface area contributed by atoms with Crippen LogP contribution in [0.1, 0.15) is 25.3 Å². The first-order valence-corrected chi connectivity index (χ1v) is 11.9. The molecule has 3 heterocycles. The molecule has 11 heteroatoms. The Hall–Kier alpha value is -4.15. The molecular weight excluding hydrogens is 480 g/mol. The molecule has 0 aliphatic carbocycles. The number of rotatable bonds is 7. The number of amides is 2. The summed E-state index contributed by atoms with van der Waals surface area (Å²) in [4.78, 5) is 60.6. The molecular formula is C26H30N4O7. The highest BCUT2D eigenvalue weighted by atomic mass is 16.5. The highest BCUT2D eigenvalue weighted by Gasteiger charge is 2.67. The molecule has 0 aromatic heterocycles. The number of carbonyl (C=O) groups excluding carboxylic acids is 4. The molecule has 2 unspecified atom stereocenters. The van der Waals surface area contributed by atoms with Gasteiger partial charge in [0.1, 0.15) is 11.9 Å². The average molecular weight is 511 g/mol. The molecule has 1 N–H and O–H groups in total. The molecule has 3 atom stereocenters. The first kappa shape index (κ1) is 25.9. The van der Waals surface area contributed by atoms with Crippen molar-refractivity contribution in [3.63, 3.8) is 0 Å². The van der Waals surface area contributed by atoms with Gasteiger partial charge < -0.3 is 24.4 Å². The number of anilines is 1. The van der Waals surface area contributed by atoms with Crippen LogP contribution in [-0.2, 0) is 34.0 Å². The Balaban J connectivity index is 2.09. The molecule has 3 aliphatic heterocycles. The molecule has 0 bridgehead atoms. The van der Waals surface area contributed by atoms with Crippen molar-refractivity contribution in [2.75, 3.05) is 39.3 Å². The molecule has 1 aromatic rings. The van der Waals surface area contributed by atoms with Crippen LogP contribution in [0, 0.1) is 0 Å². The van der Waals surface area contributed by atoms with Crippen LogP contribution in [-0.4, -0.2) is 81.2 Å². The van der Waals surface area contributed by atoms with Crippen molar-refractivity contribution < 1.29 is 33.4 Å². The SMILES string of the molecule is C=CCN1c2ccccc2[C@]23CC(C(=O)OC)N(C(=O)NCCC)C2=NC(C(=O)OC)=C(C(=O)OC)C13. The van der Waals surface area contributed by atoms with E-state index in [1.165, 1.54) is 26.2 Å². The van der Waals surface area contributed by atoms with E-state index in [1.54, 1.807) is 6.08 Å². The van der Waals surface area contributed by atoms with Gasteiger partial charge >= 0.3 is 23.9 Å². The van der Waals surface area contributed by atoms with Crippen molar-refractivity contribution in [2.45, 2.75) is 37.3 Å². The number of hydrogen-bond acceptors (Lipinski definition) is 9. The van der Waals surface area contributed by atoms with Crippen LogP contribution in [0.15, 0.2) is 53.2 Å². The summed E-state index contributed by atoms with van der Waals surface area (Å²) in [5, 5.41) is 2.80. The molecule has 4 rings (SSSR count). The largest absolute Gasteiger partial charge is 0.467 e. The molecule has 3 aliphatic rings. The van der Waals surface area contributed by atoms with Crippen LogP contribution in [0.25, 0.3) is 0 Å². The van der Waals surface area contributed by atoms with Gasteiger partial charge in [-0.1, -0.05) is 31.2 Å². The zero-order chi connectivity index (χ0) is 26.9. The monoisotopic (exact) mass is 510 g/mol. The zero-order valence-corrected chi connectivity index (χ0v) is 21.3. The van der Waals surface area contributed by atoms with Crippen molar-refractivity contribution >= 4 is 35.5 Å². The van der Waals surface area contributed by atoms with Gasteiger partial charge in [0.15, 0.2) is 5.70 Å². The smallest absolute Gasteiger partial charge is 0.357 e. The first-order valence-electron chi connectivity index (χ1n) is 11.9. The lowest BCUT2D eigenvalue weighted by atomic mass is 9.69. The predicted octanol–water partition coefficient (Wildman–Crippen LogP) is 1.68. The van der Waals surface area contributed by atoms with Gasteiger partial charge in [0.2, 0.25) is 0 Å². The van der Waals surface area contributed by atoms with Crippen molar-refractivity contribution in [3.8, 4) is 0 Å². The molecule has 0 saturated carbocycles. The Morgan fingerprint density at radius 2 is 1.84 bits per heavy atom. The quantitative estimate of drug-likeness (QED) is 0.334. The number of aliphatic imine (C=N–C) groups is 1. The van der Waals surface area contributed by atoms with Gasteiger partial charge in [-0.25, -0.2) is 24.2 Å². The fraction of sp³-hybridized carbons (Fsp3) is 0.423. The summed E-state index contributed by atoms with van der Waals surface area (Å²) in [5.41, 5.74) is 0.0576. The van der Waals surface area contributed by atoms with Gasteiger partial charge in [0.05, 0.1) is 38.4 Å². The molecule has 1 spiro atoms. The summed E-state index contributed by atoms with van der Waals surface area (Å²) in [7, 11) is 3.63. The number of urea groups is 1. The number of nitrogens with one attached hydrogen (secondary N) is 1. The van der Waals surface area contributed by atoms with Crippen LogP contribution in [0.5, 0.6) is 0 Å². The molecule has 1 saturated heterocycles. The Morgan fingerprint density at radius 1 is 1.14 bits per heavy atom.